The average Bonchev–Trinajstić information content (AvgIpc) is 2.70. The molecule has 0 spiro atoms. The van der Waals surface area contributed by atoms with E-state index < -0.39 is 0 Å². The quantitative estimate of drug-likeness (QED) is 0.601. The third kappa shape index (κ3) is 2.73. The van der Waals surface area contributed by atoms with Gasteiger partial charge in [-0.3, -0.25) is 11.3 Å². The summed E-state index contributed by atoms with van der Waals surface area (Å²) in [5.74, 6) is 7.96. The molecule has 3 nitrogen and oxygen atoms in total. The smallest absolute Gasteiger partial charge is 0.0678 e. The topological polar surface area (TPSA) is 47.3 Å². The molecule has 2 rings (SSSR count). The molecule has 4 unspecified atom stereocenters. The van der Waals surface area contributed by atoms with Gasteiger partial charge in [-0.2, -0.15) is 0 Å². The van der Waals surface area contributed by atoms with E-state index >= 15 is 0 Å². The highest BCUT2D eigenvalue weighted by atomic mass is 16.5. The maximum atomic E-state index is 6.22. The molecular formula is C15H30N2O. The summed E-state index contributed by atoms with van der Waals surface area (Å²) >= 11 is 0. The zero-order valence-corrected chi connectivity index (χ0v) is 12.6. The maximum Gasteiger partial charge on any atom is 0.0678 e. The number of nitrogens with one attached hydrogen (secondary N) is 1. The lowest BCUT2D eigenvalue weighted by molar-refractivity contribution is -0.0796. The second kappa shape index (κ2) is 4.77. The van der Waals surface area contributed by atoms with E-state index in [0.717, 1.165) is 12.3 Å². The summed E-state index contributed by atoms with van der Waals surface area (Å²) in [6.45, 7) is 11.2. The highest BCUT2D eigenvalue weighted by molar-refractivity contribution is 5.01. The van der Waals surface area contributed by atoms with Crippen LogP contribution in [0.4, 0.5) is 0 Å². The van der Waals surface area contributed by atoms with Crippen molar-refractivity contribution in [3.63, 3.8) is 0 Å². The molecule has 0 aromatic rings. The van der Waals surface area contributed by atoms with Gasteiger partial charge in [0.25, 0.3) is 0 Å². The van der Waals surface area contributed by atoms with Crippen LogP contribution in [0.5, 0.6) is 0 Å². The second-order valence-electron chi connectivity index (χ2n) is 7.65. The molecule has 2 aliphatic rings. The van der Waals surface area contributed by atoms with E-state index in [0.29, 0.717) is 17.9 Å². The van der Waals surface area contributed by atoms with Crippen molar-refractivity contribution in [2.45, 2.75) is 77.5 Å². The first-order valence-electron chi connectivity index (χ1n) is 7.41. The lowest BCUT2D eigenvalue weighted by Crippen LogP contribution is -2.50. The SMILES string of the molecule is CC1CCC(C(NN)C2CC(C)(C)OC2(C)C)C1. The van der Waals surface area contributed by atoms with Crippen LogP contribution < -0.4 is 11.3 Å². The third-order valence-electron chi connectivity index (χ3n) is 5.01. The Morgan fingerprint density at radius 3 is 2.28 bits per heavy atom. The molecular weight excluding hydrogens is 224 g/mol. The van der Waals surface area contributed by atoms with Gasteiger partial charge in [0.2, 0.25) is 0 Å². The van der Waals surface area contributed by atoms with Gasteiger partial charge in [0.05, 0.1) is 11.2 Å². The number of hydrogen-bond donors (Lipinski definition) is 2. The van der Waals surface area contributed by atoms with Crippen molar-refractivity contribution < 1.29 is 4.74 Å². The molecule has 0 amide bonds. The first-order chi connectivity index (χ1) is 8.25. The van der Waals surface area contributed by atoms with E-state index in [-0.39, 0.29) is 11.2 Å². The van der Waals surface area contributed by atoms with Crippen LogP contribution in [0.2, 0.25) is 0 Å². The molecule has 1 heterocycles. The molecule has 1 aliphatic carbocycles. The Labute approximate surface area is 112 Å². The predicted molar refractivity (Wildman–Crippen MR) is 75.0 cm³/mol. The molecule has 0 aromatic heterocycles. The van der Waals surface area contributed by atoms with E-state index in [1.807, 2.05) is 0 Å². The lowest BCUT2D eigenvalue weighted by Gasteiger charge is -2.36. The number of rotatable bonds is 3. The fourth-order valence-corrected chi connectivity index (χ4v) is 4.32. The summed E-state index contributed by atoms with van der Waals surface area (Å²) in [7, 11) is 0. The Morgan fingerprint density at radius 2 is 1.89 bits per heavy atom. The maximum absolute atomic E-state index is 6.22. The van der Waals surface area contributed by atoms with Crippen LogP contribution in [0.3, 0.4) is 0 Å². The number of hydrogen-bond acceptors (Lipinski definition) is 3. The van der Waals surface area contributed by atoms with Gasteiger partial charge in [0, 0.05) is 12.0 Å². The first-order valence-corrected chi connectivity index (χ1v) is 7.41. The monoisotopic (exact) mass is 254 g/mol. The van der Waals surface area contributed by atoms with Gasteiger partial charge in [-0.05, 0) is 58.8 Å². The van der Waals surface area contributed by atoms with Gasteiger partial charge in [0.1, 0.15) is 0 Å². The van der Waals surface area contributed by atoms with Gasteiger partial charge in [-0.15, -0.1) is 0 Å². The normalized spacial score (nSPS) is 40.0. The van der Waals surface area contributed by atoms with Crippen LogP contribution in [0.25, 0.3) is 0 Å². The summed E-state index contributed by atoms with van der Waals surface area (Å²) in [4.78, 5) is 0. The van der Waals surface area contributed by atoms with E-state index in [2.05, 4.69) is 40.0 Å². The lowest BCUT2D eigenvalue weighted by atomic mass is 9.76. The largest absolute Gasteiger partial charge is 0.369 e. The van der Waals surface area contributed by atoms with Crippen molar-refractivity contribution >= 4 is 0 Å². The van der Waals surface area contributed by atoms with E-state index in [4.69, 9.17) is 10.6 Å². The van der Waals surface area contributed by atoms with Crippen LogP contribution in [-0.2, 0) is 4.74 Å². The summed E-state index contributed by atoms with van der Waals surface area (Å²) in [5.41, 5.74) is 3.02. The van der Waals surface area contributed by atoms with Crippen molar-refractivity contribution in [2.24, 2.45) is 23.6 Å². The summed E-state index contributed by atoms with van der Waals surface area (Å²) < 4.78 is 6.22. The minimum atomic E-state index is -0.0770. The highest BCUT2D eigenvalue weighted by Crippen LogP contribution is 2.47. The minimum absolute atomic E-state index is 0.0204. The molecule has 0 radical (unpaired) electrons. The molecule has 2 fully saturated rings. The minimum Gasteiger partial charge on any atom is -0.369 e. The summed E-state index contributed by atoms with van der Waals surface area (Å²) in [6.07, 6.45) is 5.06. The Kier molecular flexibility index (Phi) is 3.79. The van der Waals surface area contributed by atoms with Crippen LogP contribution in [0.15, 0.2) is 0 Å². The third-order valence-corrected chi connectivity index (χ3v) is 5.01. The molecule has 3 N–H and O–H groups in total. The summed E-state index contributed by atoms with van der Waals surface area (Å²) in [5, 5.41) is 0. The van der Waals surface area contributed by atoms with Crippen LogP contribution >= 0.6 is 0 Å². The molecule has 106 valence electrons. The fraction of sp³-hybridized carbons (Fsp3) is 1.00. The predicted octanol–water partition coefficient (Wildman–Crippen LogP) is 2.85. The first kappa shape index (κ1) is 14.3. The molecule has 18 heavy (non-hydrogen) atoms. The second-order valence-corrected chi connectivity index (χ2v) is 7.65. The van der Waals surface area contributed by atoms with Crippen LogP contribution in [-0.4, -0.2) is 17.2 Å². The number of hydrazine groups is 1. The van der Waals surface area contributed by atoms with Crippen molar-refractivity contribution in [1.29, 1.82) is 0 Å². The van der Waals surface area contributed by atoms with Gasteiger partial charge >= 0.3 is 0 Å². The van der Waals surface area contributed by atoms with Crippen molar-refractivity contribution in [3.8, 4) is 0 Å². The van der Waals surface area contributed by atoms with E-state index in [1.165, 1.54) is 19.3 Å². The van der Waals surface area contributed by atoms with Crippen LogP contribution in [0, 0.1) is 17.8 Å². The Morgan fingerprint density at radius 1 is 1.22 bits per heavy atom. The van der Waals surface area contributed by atoms with Crippen molar-refractivity contribution in [1.82, 2.24) is 5.43 Å². The molecule has 0 aromatic carbocycles. The van der Waals surface area contributed by atoms with Crippen molar-refractivity contribution in [3.05, 3.63) is 0 Å². The number of ether oxygens (including phenoxy) is 1. The Balaban J connectivity index is 2.13. The zero-order chi connectivity index (χ0) is 13.6. The van der Waals surface area contributed by atoms with Gasteiger partial charge < -0.3 is 4.74 Å². The van der Waals surface area contributed by atoms with E-state index in [9.17, 15) is 0 Å². The molecule has 1 aliphatic heterocycles. The Bertz CT molecular complexity index is 301. The molecule has 0 bridgehead atoms. The molecule has 1 saturated carbocycles. The molecule has 4 atom stereocenters. The Hall–Kier alpha value is -0.120. The van der Waals surface area contributed by atoms with Crippen LogP contribution in [0.1, 0.15) is 60.3 Å². The van der Waals surface area contributed by atoms with Gasteiger partial charge in [-0.25, -0.2) is 0 Å². The van der Waals surface area contributed by atoms with E-state index in [1.54, 1.807) is 0 Å². The van der Waals surface area contributed by atoms with Gasteiger partial charge in [-0.1, -0.05) is 13.3 Å². The fourth-order valence-electron chi connectivity index (χ4n) is 4.32. The molecule has 1 saturated heterocycles. The summed E-state index contributed by atoms with van der Waals surface area (Å²) in [6, 6.07) is 0.395. The highest BCUT2D eigenvalue weighted by Gasteiger charge is 2.50. The zero-order valence-electron chi connectivity index (χ0n) is 12.6. The molecule has 3 heteroatoms. The van der Waals surface area contributed by atoms with Gasteiger partial charge in [0.15, 0.2) is 0 Å². The van der Waals surface area contributed by atoms with Crippen molar-refractivity contribution in [2.75, 3.05) is 0 Å². The average molecular weight is 254 g/mol. The standard InChI is InChI=1S/C15H30N2O/c1-10-6-7-11(8-10)13(17-16)12-9-14(2,3)18-15(12,4)5/h10-13,17H,6-9,16H2,1-5H3. The number of nitrogens with two attached hydrogens (primary N) is 1.